The third-order valence-electron chi connectivity index (χ3n) is 4.83. The molecule has 0 aliphatic rings. The number of hydrogen-bond donors (Lipinski definition) is 2. The van der Waals surface area contributed by atoms with E-state index in [0.29, 0.717) is 17.0 Å². The Bertz CT molecular complexity index is 1500. The number of benzene rings is 2. The van der Waals surface area contributed by atoms with Gasteiger partial charge in [-0.1, -0.05) is 0 Å². The van der Waals surface area contributed by atoms with Crippen LogP contribution in [0.25, 0.3) is 11.0 Å². The number of sulfonamides is 1. The van der Waals surface area contributed by atoms with Crippen LogP contribution in [0.3, 0.4) is 0 Å². The molecule has 0 bridgehead atoms. The molecule has 0 saturated heterocycles. The summed E-state index contributed by atoms with van der Waals surface area (Å²) in [5.74, 6) is -0.134. The number of nitrogens with one attached hydrogen (secondary N) is 2. The minimum Gasteiger partial charge on any atom is -0.481 e. The van der Waals surface area contributed by atoms with Gasteiger partial charge < -0.3 is 14.5 Å². The van der Waals surface area contributed by atoms with Crippen molar-refractivity contribution >= 4 is 38.5 Å². The molecule has 11 heteroatoms. The molecule has 1 unspecified atom stereocenters. The maximum absolute atomic E-state index is 12.6. The summed E-state index contributed by atoms with van der Waals surface area (Å²) < 4.78 is 38.1. The van der Waals surface area contributed by atoms with Crippen LogP contribution in [-0.4, -0.2) is 30.4 Å². The van der Waals surface area contributed by atoms with Gasteiger partial charge in [0.2, 0.25) is 5.95 Å². The molecule has 1 atom stereocenters. The second-order valence-electron chi connectivity index (χ2n) is 7.36. The normalized spacial score (nSPS) is 12.2. The van der Waals surface area contributed by atoms with Crippen molar-refractivity contribution < 1.29 is 22.4 Å². The molecule has 0 radical (unpaired) electrons. The fourth-order valence-corrected chi connectivity index (χ4v) is 4.09. The summed E-state index contributed by atoms with van der Waals surface area (Å²) in [5, 5.41) is 3.44. The number of ether oxygens (including phenoxy) is 1. The lowest BCUT2D eigenvalue weighted by molar-refractivity contribution is -0.122. The van der Waals surface area contributed by atoms with Gasteiger partial charge in [-0.3, -0.25) is 4.79 Å². The van der Waals surface area contributed by atoms with E-state index in [0.717, 1.165) is 10.9 Å². The van der Waals surface area contributed by atoms with E-state index in [-0.39, 0.29) is 10.8 Å². The molecule has 0 saturated carbocycles. The number of carbonyl (C=O) groups excluding carboxylic acids is 1. The van der Waals surface area contributed by atoms with E-state index in [1.807, 2.05) is 0 Å². The van der Waals surface area contributed by atoms with Crippen molar-refractivity contribution in [3.05, 3.63) is 83.0 Å². The van der Waals surface area contributed by atoms with E-state index in [9.17, 15) is 18.0 Å². The number of amides is 1. The molecular formula is C23H20N4O6S. The van der Waals surface area contributed by atoms with E-state index in [2.05, 4.69) is 20.0 Å². The maximum atomic E-state index is 12.6. The van der Waals surface area contributed by atoms with Gasteiger partial charge in [-0.2, -0.15) is 0 Å². The highest BCUT2D eigenvalue weighted by Crippen LogP contribution is 2.23. The molecule has 2 heterocycles. The summed E-state index contributed by atoms with van der Waals surface area (Å²) in [4.78, 5) is 31.8. The van der Waals surface area contributed by atoms with E-state index >= 15 is 0 Å². The second kappa shape index (κ2) is 9.32. The molecule has 174 valence electrons. The van der Waals surface area contributed by atoms with Gasteiger partial charge in [0.25, 0.3) is 15.9 Å². The summed E-state index contributed by atoms with van der Waals surface area (Å²) in [5.41, 5.74) is 1.06. The number of fused-ring (bicyclic) bond motifs is 1. The van der Waals surface area contributed by atoms with Gasteiger partial charge in [0, 0.05) is 35.6 Å². The van der Waals surface area contributed by atoms with Crippen molar-refractivity contribution in [2.75, 3.05) is 10.0 Å². The summed E-state index contributed by atoms with van der Waals surface area (Å²) in [6.07, 6.45) is 1.96. The number of anilines is 2. The second-order valence-corrected chi connectivity index (χ2v) is 9.04. The standard InChI is InChI=1S/C23H20N4O6S/c1-14-12-21(28)33-20-13-17(6-9-19(14)20)32-15(2)22(29)26-16-4-7-18(8-5-16)34(30,31)27-23-24-10-3-11-25-23/h3-13,15H,1-2H3,(H,26,29)(H,24,25,27). The zero-order valence-corrected chi connectivity index (χ0v) is 19.0. The van der Waals surface area contributed by atoms with Gasteiger partial charge in [-0.05, 0) is 61.9 Å². The molecule has 2 N–H and O–H groups in total. The lowest BCUT2D eigenvalue weighted by Gasteiger charge is -2.15. The number of nitrogens with zero attached hydrogens (tertiary/aromatic N) is 2. The Labute approximate surface area is 194 Å². The molecule has 1 amide bonds. The molecule has 2 aromatic carbocycles. The third kappa shape index (κ3) is 5.21. The largest absolute Gasteiger partial charge is 0.481 e. The lowest BCUT2D eigenvalue weighted by Crippen LogP contribution is -2.30. The number of rotatable bonds is 7. The monoisotopic (exact) mass is 480 g/mol. The highest BCUT2D eigenvalue weighted by molar-refractivity contribution is 7.92. The molecule has 34 heavy (non-hydrogen) atoms. The number of hydrogen-bond acceptors (Lipinski definition) is 8. The van der Waals surface area contributed by atoms with Crippen LogP contribution in [-0.2, 0) is 14.8 Å². The summed E-state index contributed by atoms with van der Waals surface area (Å²) in [7, 11) is -3.88. The van der Waals surface area contributed by atoms with Crippen LogP contribution >= 0.6 is 0 Å². The Balaban J connectivity index is 1.41. The predicted octanol–water partition coefficient (Wildman–Crippen LogP) is 3.10. The summed E-state index contributed by atoms with van der Waals surface area (Å²) in [6.45, 7) is 3.37. The first-order valence-electron chi connectivity index (χ1n) is 10.1. The topological polar surface area (TPSA) is 140 Å². The fraction of sp³-hybridized carbons (Fsp3) is 0.130. The summed E-state index contributed by atoms with van der Waals surface area (Å²) in [6, 6.07) is 13.6. The number of aromatic nitrogens is 2. The zero-order valence-electron chi connectivity index (χ0n) is 18.2. The van der Waals surface area contributed by atoms with Gasteiger partial charge in [-0.25, -0.2) is 27.9 Å². The first-order valence-corrected chi connectivity index (χ1v) is 11.6. The van der Waals surface area contributed by atoms with Gasteiger partial charge in [0.05, 0.1) is 4.90 Å². The molecule has 2 aromatic heterocycles. The smallest absolute Gasteiger partial charge is 0.336 e. The van der Waals surface area contributed by atoms with Crippen molar-refractivity contribution in [3.63, 3.8) is 0 Å². The molecule has 4 rings (SSSR count). The van der Waals surface area contributed by atoms with Crippen LogP contribution in [0, 0.1) is 6.92 Å². The first-order chi connectivity index (χ1) is 16.2. The van der Waals surface area contributed by atoms with Gasteiger partial charge in [-0.15, -0.1) is 0 Å². The molecular weight excluding hydrogens is 460 g/mol. The summed E-state index contributed by atoms with van der Waals surface area (Å²) >= 11 is 0. The first kappa shape index (κ1) is 22.9. The quantitative estimate of drug-likeness (QED) is 0.385. The number of carbonyl (C=O) groups is 1. The van der Waals surface area contributed by atoms with Crippen molar-refractivity contribution in [2.24, 2.45) is 0 Å². The van der Waals surface area contributed by atoms with Crippen LogP contribution in [0.4, 0.5) is 11.6 Å². The Hall–Kier alpha value is -4.25. The average Bonchev–Trinajstić information content (AvgIpc) is 2.79. The Morgan fingerprint density at radius 3 is 2.47 bits per heavy atom. The molecule has 0 fully saturated rings. The molecule has 0 aliphatic heterocycles. The molecule has 0 spiro atoms. The zero-order chi connectivity index (χ0) is 24.3. The van der Waals surface area contributed by atoms with Crippen molar-refractivity contribution in [2.45, 2.75) is 24.8 Å². The van der Waals surface area contributed by atoms with Crippen LogP contribution < -0.4 is 20.4 Å². The molecule has 10 nitrogen and oxygen atoms in total. The van der Waals surface area contributed by atoms with Crippen LogP contribution in [0.5, 0.6) is 5.75 Å². The average molecular weight is 481 g/mol. The Kier molecular flexibility index (Phi) is 6.28. The highest BCUT2D eigenvalue weighted by atomic mass is 32.2. The van der Waals surface area contributed by atoms with E-state index < -0.39 is 27.7 Å². The maximum Gasteiger partial charge on any atom is 0.336 e. The van der Waals surface area contributed by atoms with Gasteiger partial charge >= 0.3 is 5.63 Å². The predicted molar refractivity (Wildman–Crippen MR) is 125 cm³/mol. The van der Waals surface area contributed by atoms with Crippen molar-refractivity contribution in [1.82, 2.24) is 9.97 Å². The van der Waals surface area contributed by atoms with E-state index in [1.54, 1.807) is 38.1 Å². The fourth-order valence-electron chi connectivity index (χ4n) is 3.13. The third-order valence-corrected chi connectivity index (χ3v) is 6.17. The minimum absolute atomic E-state index is 0.0183. The molecule has 4 aromatic rings. The van der Waals surface area contributed by atoms with Crippen LogP contribution in [0.15, 0.2) is 81.1 Å². The van der Waals surface area contributed by atoms with Crippen molar-refractivity contribution in [1.29, 1.82) is 0 Å². The highest BCUT2D eigenvalue weighted by Gasteiger charge is 2.18. The Morgan fingerprint density at radius 2 is 1.76 bits per heavy atom. The van der Waals surface area contributed by atoms with Gasteiger partial charge in [0.1, 0.15) is 11.3 Å². The van der Waals surface area contributed by atoms with E-state index in [1.165, 1.54) is 42.7 Å². The van der Waals surface area contributed by atoms with Crippen molar-refractivity contribution in [3.8, 4) is 5.75 Å². The minimum atomic E-state index is -3.88. The molecule has 0 aliphatic carbocycles. The number of aryl methyl sites for hydroxylation is 1. The SMILES string of the molecule is Cc1cc(=O)oc2cc(OC(C)C(=O)Nc3ccc(S(=O)(=O)Nc4ncccn4)cc3)ccc12. The van der Waals surface area contributed by atoms with Gasteiger partial charge in [0.15, 0.2) is 6.10 Å². The van der Waals surface area contributed by atoms with Crippen LogP contribution in [0.2, 0.25) is 0 Å². The van der Waals surface area contributed by atoms with Crippen LogP contribution in [0.1, 0.15) is 12.5 Å². The Morgan fingerprint density at radius 1 is 1.06 bits per heavy atom. The van der Waals surface area contributed by atoms with E-state index in [4.69, 9.17) is 9.15 Å². The lowest BCUT2D eigenvalue weighted by atomic mass is 10.1.